The van der Waals surface area contributed by atoms with Gasteiger partial charge in [0.2, 0.25) is 0 Å². The molecule has 3 N–H and O–H groups in total. The highest BCUT2D eigenvalue weighted by molar-refractivity contribution is 5.81. The lowest BCUT2D eigenvalue weighted by molar-refractivity contribution is 0.191. The second-order valence-electron chi connectivity index (χ2n) is 4.63. The summed E-state index contributed by atoms with van der Waals surface area (Å²) in [4.78, 5) is 15.2. The summed E-state index contributed by atoms with van der Waals surface area (Å²) < 4.78 is 0. The Hall–Kier alpha value is -2.47. The van der Waals surface area contributed by atoms with Gasteiger partial charge in [-0.3, -0.25) is 0 Å². The van der Waals surface area contributed by atoms with E-state index in [1.54, 1.807) is 6.33 Å². The number of imidazole rings is 1. The van der Waals surface area contributed by atoms with Crippen molar-refractivity contribution in [2.75, 3.05) is 11.9 Å². The molecule has 0 aliphatic heterocycles. The van der Waals surface area contributed by atoms with Gasteiger partial charge in [-0.05, 0) is 12.5 Å². The third kappa shape index (κ3) is 2.46. The highest BCUT2D eigenvalue weighted by Gasteiger charge is 2.10. The molecular weight excluding hydrogens is 254 g/mol. The molecule has 0 bridgehead atoms. The molecule has 1 atom stereocenters. The summed E-state index contributed by atoms with van der Waals surface area (Å²) >= 11 is 0. The molecule has 6 nitrogen and oxygen atoms in total. The van der Waals surface area contributed by atoms with Gasteiger partial charge in [-0.1, -0.05) is 29.8 Å². The molecule has 0 aliphatic carbocycles. The lowest BCUT2D eigenvalue weighted by atomic mass is 10.1. The maximum absolute atomic E-state index is 10.2. The number of aromatic nitrogens is 4. The van der Waals surface area contributed by atoms with Crippen LogP contribution in [0.15, 0.2) is 36.9 Å². The Kier molecular flexibility index (Phi) is 3.30. The van der Waals surface area contributed by atoms with Gasteiger partial charge in [0.15, 0.2) is 11.5 Å². The Bertz CT molecular complexity index is 724. The van der Waals surface area contributed by atoms with E-state index in [2.05, 4.69) is 25.3 Å². The highest BCUT2D eigenvalue weighted by atomic mass is 16.3. The maximum atomic E-state index is 10.2. The summed E-state index contributed by atoms with van der Waals surface area (Å²) in [6.45, 7) is 2.37. The van der Waals surface area contributed by atoms with E-state index in [1.165, 1.54) is 6.33 Å². The number of hydrogen-bond donors (Lipinski definition) is 3. The SMILES string of the molecule is Cc1cccc(C(O)CNc2ncnc3nc[nH]c23)c1. The van der Waals surface area contributed by atoms with E-state index in [4.69, 9.17) is 0 Å². The number of aryl methyl sites for hydroxylation is 1. The Morgan fingerprint density at radius 1 is 1.30 bits per heavy atom. The average Bonchev–Trinajstić information content (AvgIpc) is 2.93. The summed E-state index contributed by atoms with van der Waals surface area (Å²) in [5, 5.41) is 13.3. The van der Waals surface area contributed by atoms with Gasteiger partial charge in [0.05, 0.1) is 12.4 Å². The van der Waals surface area contributed by atoms with Crippen molar-refractivity contribution in [3.8, 4) is 0 Å². The third-order valence-electron chi connectivity index (χ3n) is 3.11. The van der Waals surface area contributed by atoms with Crippen molar-refractivity contribution < 1.29 is 5.11 Å². The molecule has 102 valence electrons. The fourth-order valence-corrected chi connectivity index (χ4v) is 2.09. The molecule has 0 amide bonds. The lowest BCUT2D eigenvalue weighted by Crippen LogP contribution is -2.13. The van der Waals surface area contributed by atoms with Crippen molar-refractivity contribution in [2.45, 2.75) is 13.0 Å². The number of rotatable bonds is 4. The first-order valence-electron chi connectivity index (χ1n) is 6.36. The average molecular weight is 269 g/mol. The summed E-state index contributed by atoms with van der Waals surface area (Å²) in [7, 11) is 0. The van der Waals surface area contributed by atoms with Crippen LogP contribution in [0.25, 0.3) is 11.2 Å². The first-order valence-corrected chi connectivity index (χ1v) is 6.36. The molecule has 2 heterocycles. The number of anilines is 1. The predicted molar refractivity (Wildman–Crippen MR) is 76.3 cm³/mol. The lowest BCUT2D eigenvalue weighted by Gasteiger charge is -2.13. The van der Waals surface area contributed by atoms with Crippen molar-refractivity contribution in [1.82, 2.24) is 19.9 Å². The molecule has 0 saturated carbocycles. The zero-order valence-corrected chi connectivity index (χ0v) is 11.0. The molecule has 0 spiro atoms. The monoisotopic (exact) mass is 269 g/mol. The predicted octanol–water partition coefficient (Wildman–Crippen LogP) is 1.81. The van der Waals surface area contributed by atoms with Crippen LogP contribution in [0.4, 0.5) is 5.82 Å². The van der Waals surface area contributed by atoms with Gasteiger partial charge in [-0.15, -0.1) is 0 Å². The fourth-order valence-electron chi connectivity index (χ4n) is 2.09. The Morgan fingerprint density at radius 3 is 3.05 bits per heavy atom. The van der Waals surface area contributed by atoms with Gasteiger partial charge in [-0.2, -0.15) is 0 Å². The zero-order valence-electron chi connectivity index (χ0n) is 11.0. The zero-order chi connectivity index (χ0) is 13.9. The fraction of sp³-hybridized carbons (Fsp3) is 0.214. The maximum Gasteiger partial charge on any atom is 0.182 e. The number of nitrogens with one attached hydrogen (secondary N) is 2. The van der Waals surface area contributed by atoms with E-state index in [0.717, 1.165) is 16.6 Å². The first kappa shape index (κ1) is 12.6. The van der Waals surface area contributed by atoms with Crippen LogP contribution >= 0.6 is 0 Å². The van der Waals surface area contributed by atoms with E-state index in [1.807, 2.05) is 31.2 Å². The molecule has 1 aromatic carbocycles. The molecule has 20 heavy (non-hydrogen) atoms. The molecule has 0 aliphatic rings. The van der Waals surface area contributed by atoms with E-state index < -0.39 is 6.10 Å². The van der Waals surface area contributed by atoms with Crippen LogP contribution in [0.3, 0.4) is 0 Å². The number of nitrogens with zero attached hydrogens (tertiary/aromatic N) is 3. The molecule has 1 unspecified atom stereocenters. The van der Waals surface area contributed by atoms with Crippen LogP contribution in [0.5, 0.6) is 0 Å². The topological polar surface area (TPSA) is 86.7 Å². The normalized spacial score (nSPS) is 12.5. The van der Waals surface area contributed by atoms with E-state index in [0.29, 0.717) is 18.0 Å². The number of aliphatic hydroxyl groups excluding tert-OH is 1. The van der Waals surface area contributed by atoms with Crippen molar-refractivity contribution in [1.29, 1.82) is 0 Å². The smallest absolute Gasteiger partial charge is 0.182 e. The van der Waals surface area contributed by atoms with Crippen LogP contribution < -0.4 is 5.32 Å². The molecule has 0 saturated heterocycles. The number of hydrogen-bond acceptors (Lipinski definition) is 5. The van der Waals surface area contributed by atoms with E-state index in [-0.39, 0.29) is 0 Å². The van der Waals surface area contributed by atoms with Gasteiger partial charge in [0.25, 0.3) is 0 Å². The number of aromatic amines is 1. The largest absolute Gasteiger partial charge is 0.387 e. The summed E-state index contributed by atoms with van der Waals surface area (Å²) in [5.41, 5.74) is 3.35. The minimum absolute atomic E-state index is 0.370. The highest BCUT2D eigenvalue weighted by Crippen LogP contribution is 2.18. The molecule has 3 aromatic rings. The van der Waals surface area contributed by atoms with Crippen molar-refractivity contribution >= 4 is 17.0 Å². The van der Waals surface area contributed by atoms with Gasteiger partial charge < -0.3 is 15.4 Å². The van der Waals surface area contributed by atoms with Crippen LogP contribution in [0, 0.1) is 6.92 Å². The molecule has 2 aromatic heterocycles. The first-order chi connectivity index (χ1) is 9.74. The Morgan fingerprint density at radius 2 is 2.20 bits per heavy atom. The summed E-state index contributed by atoms with van der Waals surface area (Å²) in [5.74, 6) is 0.638. The number of benzene rings is 1. The summed E-state index contributed by atoms with van der Waals surface area (Å²) in [6.07, 6.45) is 2.43. The minimum Gasteiger partial charge on any atom is -0.387 e. The van der Waals surface area contributed by atoms with Crippen LogP contribution in [0.2, 0.25) is 0 Å². The van der Waals surface area contributed by atoms with Crippen molar-refractivity contribution in [3.63, 3.8) is 0 Å². The standard InChI is InChI=1S/C14H15N5O/c1-9-3-2-4-10(5-9)11(20)6-15-13-12-14(17-7-16-12)19-8-18-13/h2-5,7-8,11,20H,6H2,1H3,(H2,15,16,17,18,19). The van der Waals surface area contributed by atoms with Crippen molar-refractivity contribution in [2.24, 2.45) is 0 Å². The van der Waals surface area contributed by atoms with E-state index >= 15 is 0 Å². The number of aliphatic hydroxyl groups is 1. The van der Waals surface area contributed by atoms with Crippen molar-refractivity contribution in [3.05, 3.63) is 48.0 Å². The van der Waals surface area contributed by atoms with Crippen LogP contribution in [0.1, 0.15) is 17.2 Å². The van der Waals surface area contributed by atoms with Crippen LogP contribution in [-0.2, 0) is 0 Å². The van der Waals surface area contributed by atoms with Gasteiger partial charge in [0.1, 0.15) is 11.8 Å². The molecule has 0 fully saturated rings. The quantitative estimate of drug-likeness (QED) is 0.672. The van der Waals surface area contributed by atoms with E-state index in [9.17, 15) is 5.11 Å². The second kappa shape index (κ2) is 5.26. The number of H-pyrrole nitrogens is 1. The Balaban J connectivity index is 1.74. The Labute approximate surface area is 115 Å². The molecule has 6 heteroatoms. The minimum atomic E-state index is -0.595. The molecule has 0 radical (unpaired) electrons. The number of fused-ring (bicyclic) bond motifs is 1. The molecular formula is C14H15N5O. The summed E-state index contributed by atoms with van der Waals surface area (Å²) in [6, 6.07) is 7.82. The van der Waals surface area contributed by atoms with Gasteiger partial charge in [-0.25, -0.2) is 15.0 Å². The molecule has 3 rings (SSSR count). The van der Waals surface area contributed by atoms with Gasteiger partial charge in [0, 0.05) is 6.54 Å². The van der Waals surface area contributed by atoms with Crippen LogP contribution in [-0.4, -0.2) is 31.6 Å². The third-order valence-corrected chi connectivity index (χ3v) is 3.11. The van der Waals surface area contributed by atoms with Gasteiger partial charge >= 0.3 is 0 Å². The second-order valence-corrected chi connectivity index (χ2v) is 4.63.